The first-order chi connectivity index (χ1) is 14.2. The fourth-order valence-electron chi connectivity index (χ4n) is 5.02. The van der Waals surface area contributed by atoms with Crippen molar-refractivity contribution in [3.63, 3.8) is 0 Å². The van der Waals surface area contributed by atoms with Crippen LogP contribution in [-0.2, 0) is 4.79 Å². The predicted octanol–water partition coefficient (Wildman–Crippen LogP) is 4.12. The van der Waals surface area contributed by atoms with Gasteiger partial charge < -0.3 is 14.5 Å². The molecular weight excluding hydrogens is 364 g/mol. The minimum absolute atomic E-state index is 0.129. The molecule has 158 valence electrons. The van der Waals surface area contributed by atoms with Crippen LogP contribution < -0.4 is 4.74 Å². The molecule has 2 heterocycles. The average molecular weight is 399 g/mol. The fourth-order valence-corrected chi connectivity index (χ4v) is 5.02. The van der Waals surface area contributed by atoms with E-state index in [-0.39, 0.29) is 11.8 Å². The Bertz CT molecular complexity index is 691. The first-order valence-electron chi connectivity index (χ1n) is 11.5. The zero-order valence-corrected chi connectivity index (χ0v) is 17.5. The summed E-state index contributed by atoms with van der Waals surface area (Å²) in [6, 6.07) is 7.56. The number of nitrogens with zero attached hydrogens (tertiary/aromatic N) is 2. The number of piperidine rings is 2. The molecule has 1 saturated carbocycles. The van der Waals surface area contributed by atoms with E-state index in [0.717, 1.165) is 76.0 Å². The van der Waals surface area contributed by atoms with E-state index in [4.69, 9.17) is 4.74 Å². The number of carbonyl (C=O) groups is 2. The van der Waals surface area contributed by atoms with Gasteiger partial charge in [0.05, 0.1) is 6.61 Å². The summed E-state index contributed by atoms with van der Waals surface area (Å²) in [5.41, 5.74) is 0.741. The van der Waals surface area contributed by atoms with E-state index >= 15 is 0 Å². The molecule has 5 nitrogen and oxygen atoms in total. The molecule has 3 fully saturated rings. The van der Waals surface area contributed by atoms with Crippen LogP contribution in [0.1, 0.15) is 68.1 Å². The largest absolute Gasteiger partial charge is 0.493 e. The maximum Gasteiger partial charge on any atom is 0.253 e. The maximum atomic E-state index is 12.7. The highest BCUT2D eigenvalue weighted by molar-refractivity contribution is 5.94. The zero-order chi connectivity index (χ0) is 20.1. The highest BCUT2D eigenvalue weighted by Crippen LogP contribution is 2.29. The second-order valence-corrected chi connectivity index (χ2v) is 8.96. The van der Waals surface area contributed by atoms with Gasteiger partial charge in [0.25, 0.3) is 5.91 Å². The molecule has 3 aliphatic rings. The second-order valence-electron chi connectivity index (χ2n) is 8.96. The van der Waals surface area contributed by atoms with Crippen LogP contribution in [0.15, 0.2) is 24.3 Å². The van der Waals surface area contributed by atoms with E-state index in [9.17, 15) is 9.59 Å². The number of rotatable bonds is 5. The Morgan fingerprint density at radius 2 is 1.52 bits per heavy atom. The third kappa shape index (κ3) is 5.12. The van der Waals surface area contributed by atoms with Gasteiger partial charge in [-0.3, -0.25) is 9.59 Å². The molecule has 1 atom stereocenters. The number of hydrogen-bond acceptors (Lipinski definition) is 3. The summed E-state index contributed by atoms with van der Waals surface area (Å²) in [4.78, 5) is 29.3. The highest BCUT2D eigenvalue weighted by Gasteiger charge is 2.30. The first-order valence-corrected chi connectivity index (χ1v) is 11.5. The van der Waals surface area contributed by atoms with Gasteiger partial charge in [0.2, 0.25) is 5.91 Å². The Morgan fingerprint density at radius 3 is 2.24 bits per heavy atom. The molecule has 0 N–H and O–H groups in total. The van der Waals surface area contributed by atoms with Gasteiger partial charge in [0.1, 0.15) is 5.75 Å². The minimum atomic E-state index is 0.129. The van der Waals surface area contributed by atoms with Crippen LogP contribution in [0.4, 0.5) is 0 Å². The van der Waals surface area contributed by atoms with Gasteiger partial charge in [-0.1, -0.05) is 12.8 Å². The van der Waals surface area contributed by atoms with Crippen molar-refractivity contribution in [1.29, 1.82) is 0 Å². The summed E-state index contributed by atoms with van der Waals surface area (Å²) >= 11 is 0. The van der Waals surface area contributed by atoms with Gasteiger partial charge in [-0.15, -0.1) is 0 Å². The van der Waals surface area contributed by atoms with Crippen molar-refractivity contribution in [3.8, 4) is 5.75 Å². The Hall–Kier alpha value is -2.04. The van der Waals surface area contributed by atoms with Crippen molar-refractivity contribution in [1.82, 2.24) is 9.80 Å². The smallest absolute Gasteiger partial charge is 0.253 e. The molecule has 0 bridgehead atoms. The summed E-state index contributed by atoms with van der Waals surface area (Å²) in [5, 5.41) is 0. The Morgan fingerprint density at radius 1 is 0.828 bits per heavy atom. The molecule has 2 saturated heterocycles. The van der Waals surface area contributed by atoms with Crippen LogP contribution in [-0.4, -0.2) is 54.4 Å². The molecule has 0 spiro atoms. The van der Waals surface area contributed by atoms with Crippen molar-refractivity contribution in [3.05, 3.63) is 29.8 Å². The van der Waals surface area contributed by atoms with Crippen LogP contribution in [0.25, 0.3) is 0 Å². The molecule has 1 aliphatic carbocycles. The van der Waals surface area contributed by atoms with E-state index in [1.54, 1.807) is 0 Å². The molecule has 5 heteroatoms. The van der Waals surface area contributed by atoms with E-state index in [1.807, 2.05) is 29.2 Å². The van der Waals surface area contributed by atoms with Gasteiger partial charge in [0.15, 0.2) is 0 Å². The summed E-state index contributed by atoms with van der Waals surface area (Å²) < 4.78 is 6.02. The predicted molar refractivity (Wildman–Crippen MR) is 113 cm³/mol. The number of likely N-dealkylation sites (tertiary alicyclic amines) is 2. The van der Waals surface area contributed by atoms with E-state index in [1.165, 1.54) is 19.3 Å². The molecule has 4 rings (SSSR count). The molecule has 0 unspecified atom stereocenters. The van der Waals surface area contributed by atoms with Crippen molar-refractivity contribution in [2.24, 2.45) is 11.8 Å². The van der Waals surface area contributed by atoms with Crippen LogP contribution in [0, 0.1) is 11.8 Å². The number of benzene rings is 1. The summed E-state index contributed by atoms with van der Waals surface area (Å²) in [5.74, 6) is 1.96. The van der Waals surface area contributed by atoms with E-state index in [2.05, 4.69) is 4.90 Å². The Labute approximate surface area is 174 Å². The average Bonchev–Trinajstić information content (AvgIpc) is 3.33. The molecule has 1 aromatic carbocycles. The SMILES string of the molecule is O=C(c1ccc(OC[C@@H]2CCCN(C(=O)C3CCCC3)C2)cc1)N1CCCCC1. The quantitative estimate of drug-likeness (QED) is 0.750. The van der Waals surface area contributed by atoms with Crippen molar-refractivity contribution >= 4 is 11.8 Å². The lowest BCUT2D eigenvalue weighted by Crippen LogP contribution is -2.43. The number of carbonyl (C=O) groups excluding carboxylic acids is 2. The lowest BCUT2D eigenvalue weighted by atomic mass is 9.96. The number of amides is 2. The highest BCUT2D eigenvalue weighted by atomic mass is 16.5. The molecule has 0 radical (unpaired) electrons. The van der Waals surface area contributed by atoms with Crippen molar-refractivity contribution in [2.75, 3.05) is 32.8 Å². The lowest BCUT2D eigenvalue weighted by Gasteiger charge is -2.34. The molecule has 0 aromatic heterocycles. The van der Waals surface area contributed by atoms with Crippen molar-refractivity contribution in [2.45, 2.75) is 57.8 Å². The fraction of sp³-hybridized carbons (Fsp3) is 0.667. The molecular formula is C24H34N2O3. The van der Waals surface area contributed by atoms with E-state index in [0.29, 0.717) is 18.4 Å². The molecule has 2 aliphatic heterocycles. The van der Waals surface area contributed by atoms with Gasteiger partial charge in [0, 0.05) is 43.6 Å². The number of hydrogen-bond donors (Lipinski definition) is 0. The van der Waals surface area contributed by atoms with Crippen LogP contribution in [0.3, 0.4) is 0 Å². The molecule has 2 amide bonds. The minimum Gasteiger partial charge on any atom is -0.493 e. The van der Waals surface area contributed by atoms with Gasteiger partial charge in [-0.05, 0) is 69.2 Å². The Kier molecular flexibility index (Phi) is 6.73. The topological polar surface area (TPSA) is 49.9 Å². The summed E-state index contributed by atoms with van der Waals surface area (Å²) in [6.45, 7) is 4.09. The second kappa shape index (κ2) is 9.64. The van der Waals surface area contributed by atoms with Gasteiger partial charge in [-0.25, -0.2) is 0 Å². The molecule has 1 aromatic rings. The lowest BCUT2D eigenvalue weighted by molar-refractivity contribution is -0.137. The van der Waals surface area contributed by atoms with E-state index < -0.39 is 0 Å². The monoisotopic (exact) mass is 398 g/mol. The number of ether oxygens (including phenoxy) is 1. The third-order valence-corrected chi connectivity index (χ3v) is 6.77. The van der Waals surface area contributed by atoms with Gasteiger partial charge in [-0.2, -0.15) is 0 Å². The van der Waals surface area contributed by atoms with Gasteiger partial charge >= 0.3 is 0 Å². The normalized spacial score (nSPS) is 23.2. The zero-order valence-electron chi connectivity index (χ0n) is 17.5. The maximum absolute atomic E-state index is 12.7. The van der Waals surface area contributed by atoms with Crippen molar-refractivity contribution < 1.29 is 14.3 Å². The van der Waals surface area contributed by atoms with Crippen LogP contribution >= 0.6 is 0 Å². The molecule has 29 heavy (non-hydrogen) atoms. The third-order valence-electron chi connectivity index (χ3n) is 6.77. The van der Waals surface area contributed by atoms with Crippen LogP contribution in [0.5, 0.6) is 5.75 Å². The van der Waals surface area contributed by atoms with Crippen LogP contribution in [0.2, 0.25) is 0 Å². The Balaban J connectivity index is 1.26. The summed E-state index contributed by atoms with van der Waals surface area (Å²) in [7, 11) is 0. The standard InChI is InChI=1S/C24H34N2O3/c27-23(25-14-4-1-5-15-25)21-10-12-22(13-11-21)29-18-19-7-6-16-26(17-19)24(28)20-8-2-3-9-20/h10-13,19-20H,1-9,14-18H2/t19-/m1/s1. The summed E-state index contributed by atoms with van der Waals surface area (Å²) in [6.07, 6.45) is 10.2. The first kappa shape index (κ1) is 20.2.